The summed E-state index contributed by atoms with van der Waals surface area (Å²) < 4.78 is 21.1. The molecule has 0 unspecified atom stereocenters. The molecule has 2 amide bonds. The highest BCUT2D eigenvalue weighted by atomic mass is 16.5. The van der Waals surface area contributed by atoms with Gasteiger partial charge in [0, 0.05) is 45.0 Å². The average Bonchev–Trinajstić information content (AvgIpc) is 2.70. The Morgan fingerprint density at radius 1 is 1.04 bits per heavy atom. The van der Waals surface area contributed by atoms with E-state index in [-0.39, 0.29) is 30.6 Å². The van der Waals surface area contributed by atoms with Crippen LogP contribution < -0.4 is 11.1 Å². The number of aromatic nitrogens is 1. The maximum absolute atomic E-state index is 12.1. The van der Waals surface area contributed by atoms with Gasteiger partial charge in [-0.25, -0.2) is 0 Å². The fraction of sp³-hybridized carbons (Fsp3) is 0.316. The lowest BCUT2D eigenvalue weighted by atomic mass is 10.3. The highest BCUT2D eigenvalue weighted by molar-refractivity contribution is 5.94. The van der Waals surface area contributed by atoms with Gasteiger partial charge in [0.25, 0.3) is 5.91 Å². The Bertz CT molecular complexity index is 701. The number of allylic oxidation sites excluding steroid dienone is 2. The minimum Gasteiger partial charge on any atom is -0.487 e. The molecular weight excluding hydrogens is 366 g/mol. The Balaban J connectivity index is 2.97. The van der Waals surface area contributed by atoms with Crippen molar-refractivity contribution >= 4 is 11.8 Å². The zero-order valence-electron chi connectivity index (χ0n) is 15.9. The van der Waals surface area contributed by atoms with Crippen LogP contribution in [-0.2, 0) is 23.7 Å². The number of nitrogens with one attached hydrogen (secondary N) is 1. The number of methoxy groups -OCH3 is 2. The second-order valence-electron chi connectivity index (χ2n) is 5.20. The van der Waals surface area contributed by atoms with Gasteiger partial charge >= 0.3 is 0 Å². The molecule has 1 rings (SSSR count). The molecule has 0 atom stereocenters. The summed E-state index contributed by atoms with van der Waals surface area (Å²) in [5, 5.41) is 2.61. The van der Waals surface area contributed by atoms with E-state index in [2.05, 4.69) is 10.3 Å². The Labute approximate surface area is 163 Å². The molecule has 0 fully saturated rings. The van der Waals surface area contributed by atoms with Crippen LogP contribution in [0.4, 0.5) is 0 Å². The van der Waals surface area contributed by atoms with Crippen molar-refractivity contribution in [3.05, 3.63) is 66.0 Å². The van der Waals surface area contributed by atoms with Gasteiger partial charge in [0.05, 0.1) is 18.8 Å². The highest BCUT2D eigenvalue weighted by Gasteiger charge is 2.07. The molecule has 0 aliphatic carbocycles. The molecular formula is C19H25N3O6. The Hall–Kier alpha value is -3.17. The van der Waals surface area contributed by atoms with E-state index in [0.717, 1.165) is 6.08 Å². The van der Waals surface area contributed by atoms with E-state index in [0.29, 0.717) is 18.8 Å². The van der Waals surface area contributed by atoms with Crippen LogP contribution in [0, 0.1) is 0 Å². The van der Waals surface area contributed by atoms with Crippen LogP contribution in [0.1, 0.15) is 10.4 Å². The highest BCUT2D eigenvalue weighted by Crippen LogP contribution is 2.12. The number of carbonyl (C=O) groups excluding carboxylic acids is 2. The van der Waals surface area contributed by atoms with E-state index < -0.39 is 5.91 Å². The van der Waals surface area contributed by atoms with Crippen LogP contribution in [0.15, 0.2) is 60.5 Å². The minimum atomic E-state index is -0.641. The number of hydrogen-bond donors (Lipinski definition) is 2. The predicted octanol–water partition coefficient (Wildman–Crippen LogP) is 0.904. The first-order valence-corrected chi connectivity index (χ1v) is 8.41. The quantitative estimate of drug-likeness (QED) is 0.222. The van der Waals surface area contributed by atoms with E-state index >= 15 is 0 Å². The summed E-state index contributed by atoms with van der Waals surface area (Å²) in [5.74, 6) is -0.455. The first-order chi connectivity index (χ1) is 13.6. The van der Waals surface area contributed by atoms with Crippen molar-refractivity contribution in [2.45, 2.75) is 0 Å². The number of nitrogens with zero attached hydrogens (tertiary/aromatic N) is 1. The maximum Gasteiger partial charge on any atom is 0.256 e. The molecule has 0 saturated heterocycles. The summed E-state index contributed by atoms with van der Waals surface area (Å²) in [7, 11) is 3.08. The van der Waals surface area contributed by atoms with Crippen molar-refractivity contribution in [2.24, 2.45) is 5.73 Å². The second kappa shape index (κ2) is 14.0. The van der Waals surface area contributed by atoms with Gasteiger partial charge in [-0.2, -0.15) is 0 Å². The van der Waals surface area contributed by atoms with Crippen molar-refractivity contribution in [3.63, 3.8) is 0 Å². The molecule has 0 saturated carbocycles. The molecule has 3 N–H and O–H groups in total. The van der Waals surface area contributed by atoms with Gasteiger partial charge in [0.15, 0.2) is 11.5 Å². The van der Waals surface area contributed by atoms with Gasteiger partial charge in [0.2, 0.25) is 5.91 Å². The molecule has 0 radical (unpaired) electrons. The smallest absolute Gasteiger partial charge is 0.256 e. The summed E-state index contributed by atoms with van der Waals surface area (Å²) in [5.41, 5.74) is 5.56. The van der Waals surface area contributed by atoms with Crippen LogP contribution in [-0.4, -0.2) is 57.4 Å². The van der Waals surface area contributed by atoms with Crippen molar-refractivity contribution < 1.29 is 28.5 Å². The lowest BCUT2D eigenvalue weighted by Crippen LogP contribution is -2.17. The number of hydrogen-bond acceptors (Lipinski definition) is 7. The van der Waals surface area contributed by atoms with Crippen molar-refractivity contribution in [1.29, 1.82) is 0 Å². The maximum atomic E-state index is 12.1. The lowest BCUT2D eigenvalue weighted by Gasteiger charge is -2.13. The Kier molecular flexibility index (Phi) is 11.4. The van der Waals surface area contributed by atoms with Gasteiger partial charge in [0.1, 0.15) is 13.2 Å². The average molecular weight is 391 g/mol. The van der Waals surface area contributed by atoms with Gasteiger partial charge in [-0.3, -0.25) is 14.6 Å². The number of nitrogens with two attached hydrogens (primary N) is 1. The normalized spacial score (nSPS) is 12.1. The van der Waals surface area contributed by atoms with Gasteiger partial charge in [-0.1, -0.05) is 0 Å². The molecule has 9 heteroatoms. The first-order valence-electron chi connectivity index (χ1n) is 8.41. The summed E-state index contributed by atoms with van der Waals surface area (Å²) in [6, 6.07) is 3.30. The summed E-state index contributed by atoms with van der Waals surface area (Å²) >= 11 is 0. The van der Waals surface area contributed by atoms with Gasteiger partial charge in [-0.05, 0) is 18.2 Å². The summed E-state index contributed by atoms with van der Waals surface area (Å²) in [6.45, 7) is 1.13. The van der Waals surface area contributed by atoms with Crippen LogP contribution >= 0.6 is 0 Å². The molecule has 0 bridgehead atoms. The molecule has 1 aromatic rings. The van der Waals surface area contributed by atoms with Gasteiger partial charge in [-0.15, -0.1) is 0 Å². The number of primary amides is 1. The molecule has 9 nitrogen and oxygen atoms in total. The second-order valence-corrected chi connectivity index (χ2v) is 5.20. The van der Waals surface area contributed by atoms with Crippen molar-refractivity contribution in [1.82, 2.24) is 10.3 Å². The van der Waals surface area contributed by atoms with Crippen LogP contribution in [0.3, 0.4) is 0 Å². The largest absolute Gasteiger partial charge is 0.487 e. The van der Waals surface area contributed by atoms with Crippen LogP contribution in [0.25, 0.3) is 0 Å². The monoisotopic (exact) mass is 391 g/mol. The fourth-order valence-electron chi connectivity index (χ4n) is 1.80. The number of carbonyl (C=O) groups is 2. The Morgan fingerprint density at radius 2 is 1.68 bits per heavy atom. The third-order valence-corrected chi connectivity index (χ3v) is 3.10. The zero-order valence-corrected chi connectivity index (χ0v) is 15.9. The number of amides is 2. The molecule has 28 heavy (non-hydrogen) atoms. The number of rotatable bonds is 13. The van der Waals surface area contributed by atoms with E-state index in [1.54, 1.807) is 25.4 Å². The van der Waals surface area contributed by atoms with Crippen molar-refractivity contribution in [2.75, 3.05) is 40.6 Å². The number of ether oxygens (including phenoxy) is 4. The summed E-state index contributed by atoms with van der Waals surface area (Å²) in [4.78, 5) is 27.0. The zero-order chi connectivity index (χ0) is 20.6. The standard InChI is InChI=1S/C19H25N3O6/c1-25-10-12-27-16(5-6-18(20)23)17(28-13-11-26-2)7-9-22-19(24)15-4-3-8-21-14-15/h3-9,14H,10-13H2,1-2H3,(H2,20,23)(H,22,24). The van der Waals surface area contributed by atoms with E-state index in [1.165, 1.54) is 31.7 Å². The molecule has 152 valence electrons. The van der Waals surface area contributed by atoms with Crippen LogP contribution in [0.5, 0.6) is 0 Å². The molecule has 1 aromatic heterocycles. The first kappa shape index (κ1) is 22.9. The predicted molar refractivity (Wildman–Crippen MR) is 102 cm³/mol. The number of pyridine rings is 1. The third kappa shape index (κ3) is 9.51. The molecule has 0 spiro atoms. The molecule has 1 heterocycles. The molecule has 0 aliphatic rings. The van der Waals surface area contributed by atoms with E-state index in [4.69, 9.17) is 24.7 Å². The molecule has 0 aromatic carbocycles. The third-order valence-electron chi connectivity index (χ3n) is 3.10. The SMILES string of the molecule is COCCOC(C=CNC(=O)c1cccnc1)=C(C=CC(N)=O)OCCOC. The van der Waals surface area contributed by atoms with Gasteiger partial charge < -0.3 is 30.0 Å². The van der Waals surface area contributed by atoms with Crippen molar-refractivity contribution in [3.8, 4) is 0 Å². The fourth-order valence-corrected chi connectivity index (χ4v) is 1.80. The Morgan fingerprint density at radius 3 is 2.21 bits per heavy atom. The van der Waals surface area contributed by atoms with Crippen LogP contribution in [0.2, 0.25) is 0 Å². The minimum absolute atomic E-state index is 0.224. The lowest BCUT2D eigenvalue weighted by molar-refractivity contribution is -0.113. The topological polar surface area (TPSA) is 122 Å². The van der Waals surface area contributed by atoms with E-state index in [9.17, 15) is 9.59 Å². The molecule has 0 aliphatic heterocycles. The summed E-state index contributed by atoms with van der Waals surface area (Å²) in [6.07, 6.45) is 8.44. The van der Waals surface area contributed by atoms with E-state index in [1.807, 2.05) is 0 Å².